The van der Waals surface area contributed by atoms with Crippen LogP contribution in [0.3, 0.4) is 0 Å². The average molecular weight is 269 g/mol. The summed E-state index contributed by atoms with van der Waals surface area (Å²) >= 11 is 0. The molecular formula is C16H15NO3. The number of nitrogens with zero attached hydrogens (tertiary/aromatic N) is 1. The van der Waals surface area contributed by atoms with Crippen molar-refractivity contribution in [3.05, 3.63) is 52.9 Å². The van der Waals surface area contributed by atoms with Gasteiger partial charge in [-0.05, 0) is 25.0 Å². The van der Waals surface area contributed by atoms with Crippen molar-refractivity contribution in [3.8, 4) is 0 Å². The Hall–Kier alpha value is -2.07. The number of hydrogen-bond acceptors (Lipinski definition) is 4. The Morgan fingerprint density at radius 2 is 2.20 bits per heavy atom. The molecule has 0 N–H and O–H groups in total. The normalized spacial score (nSPS) is 23.9. The van der Waals surface area contributed by atoms with E-state index in [-0.39, 0.29) is 18.0 Å². The zero-order valence-corrected chi connectivity index (χ0v) is 11.0. The van der Waals surface area contributed by atoms with Crippen LogP contribution in [0.4, 0.5) is 5.69 Å². The Labute approximate surface area is 116 Å². The van der Waals surface area contributed by atoms with Crippen LogP contribution >= 0.6 is 0 Å². The van der Waals surface area contributed by atoms with Crippen LogP contribution < -0.4 is 10.5 Å². The van der Waals surface area contributed by atoms with Gasteiger partial charge in [-0.3, -0.25) is 0 Å². The minimum atomic E-state index is -0.280. The van der Waals surface area contributed by atoms with E-state index in [2.05, 4.69) is 11.5 Å². The second-order valence-electron chi connectivity index (χ2n) is 5.25. The maximum atomic E-state index is 12.3. The average Bonchev–Trinajstić information content (AvgIpc) is 2.87. The Bertz CT molecular complexity index is 749. The van der Waals surface area contributed by atoms with Crippen molar-refractivity contribution in [2.75, 3.05) is 11.4 Å². The number of anilines is 1. The predicted octanol–water partition coefficient (Wildman–Crippen LogP) is 2.98. The molecule has 2 bridgehead atoms. The van der Waals surface area contributed by atoms with Gasteiger partial charge in [0.05, 0.1) is 17.4 Å². The molecule has 20 heavy (non-hydrogen) atoms. The molecule has 2 aromatic rings. The van der Waals surface area contributed by atoms with Gasteiger partial charge in [0.25, 0.3) is 0 Å². The largest absolute Gasteiger partial charge is 0.422 e. The summed E-state index contributed by atoms with van der Waals surface area (Å²) in [5.41, 5.74) is 1.99. The number of ether oxygens (including phenoxy) is 1. The van der Waals surface area contributed by atoms with Gasteiger partial charge in [-0.15, -0.1) is 6.58 Å². The lowest BCUT2D eigenvalue weighted by molar-refractivity contribution is 0.0319. The fraction of sp³-hybridized carbons (Fsp3) is 0.312. The lowest BCUT2D eigenvalue weighted by atomic mass is 10.0. The molecule has 1 aromatic carbocycles. The summed E-state index contributed by atoms with van der Waals surface area (Å²) in [6, 6.07) is 7.67. The molecule has 2 aliphatic heterocycles. The van der Waals surface area contributed by atoms with Crippen LogP contribution in [0.2, 0.25) is 0 Å². The van der Waals surface area contributed by atoms with Crippen molar-refractivity contribution in [2.45, 2.75) is 25.2 Å². The third-order valence-electron chi connectivity index (χ3n) is 4.10. The van der Waals surface area contributed by atoms with Gasteiger partial charge in [-0.1, -0.05) is 18.2 Å². The summed E-state index contributed by atoms with van der Waals surface area (Å²) in [5.74, 6) is 0. The number of benzene rings is 1. The van der Waals surface area contributed by atoms with Crippen molar-refractivity contribution in [2.24, 2.45) is 0 Å². The predicted molar refractivity (Wildman–Crippen MR) is 76.9 cm³/mol. The first-order chi connectivity index (χ1) is 9.79. The smallest absolute Gasteiger partial charge is 0.344 e. The standard InChI is InChI=1S/C16H15NO3/c1-2-9-17-13-8-7-12(19-13)14-15(17)10-5-3-4-6-11(10)20-16(14)18/h2-6,12-13H,1,7-9H2/t12-,13+/m1/s1. The monoisotopic (exact) mass is 269 g/mol. The highest BCUT2D eigenvalue weighted by molar-refractivity contribution is 5.92. The molecule has 1 fully saturated rings. The van der Waals surface area contributed by atoms with E-state index in [0.717, 1.165) is 23.9 Å². The molecule has 102 valence electrons. The number of hydrogen-bond donors (Lipinski definition) is 0. The van der Waals surface area contributed by atoms with Crippen LogP contribution in [0.5, 0.6) is 0 Å². The van der Waals surface area contributed by atoms with E-state index >= 15 is 0 Å². The van der Waals surface area contributed by atoms with Crippen LogP contribution in [-0.2, 0) is 4.74 Å². The highest BCUT2D eigenvalue weighted by Gasteiger charge is 2.41. The minimum absolute atomic E-state index is 0.0377. The van der Waals surface area contributed by atoms with E-state index in [1.807, 2.05) is 30.3 Å². The second-order valence-corrected chi connectivity index (χ2v) is 5.25. The summed E-state index contributed by atoms with van der Waals surface area (Å²) in [5, 5.41) is 0.976. The Kier molecular flexibility index (Phi) is 2.47. The molecule has 3 heterocycles. The van der Waals surface area contributed by atoms with Gasteiger partial charge in [-0.25, -0.2) is 4.79 Å². The lowest BCUT2D eigenvalue weighted by Gasteiger charge is -2.36. The van der Waals surface area contributed by atoms with E-state index in [1.165, 1.54) is 0 Å². The Morgan fingerprint density at radius 1 is 1.35 bits per heavy atom. The molecule has 1 saturated heterocycles. The van der Waals surface area contributed by atoms with E-state index in [9.17, 15) is 4.79 Å². The number of fused-ring (bicyclic) bond motifs is 6. The van der Waals surface area contributed by atoms with Crippen molar-refractivity contribution < 1.29 is 9.15 Å². The molecule has 4 rings (SSSR count). The molecule has 0 aliphatic carbocycles. The van der Waals surface area contributed by atoms with Gasteiger partial charge in [0.15, 0.2) is 0 Å². The molecule has 2 aliphatic rings. The summed E-state index contributed by atoms with van der Waals surface area (Å²) in [6.45, 7) is 4.48. The van der Waals surface area contributed by atoms with Crippen molar-refractivity contribution in [3.63, 3.8) is 0 Å². The highest BCUT2D eigenvalue weighted by Crippen LogP contribution is 2.46. The van der Waals surface area contributed by atoms with Gasteiger partial charge in [0.1, 0.15) is 11.8 Å². The van der Waals surface area contributed by atoms with Gasteiger partial charge in [-0.2, -0.15) is 0 Å². The van der Waals surface area contributed by atoms with Gasteiger partial charge < -0.3 is 14.1 Å². The molecule has 0 radical (unpaired) electrons. The highest BCUT2D eigenvalue weighted by atomic mass is 16.5. The molecule has 0 amide bonds. The van der Waals surface area contributed by atoms with Crippen LogP contribution in [0, 0.1) is 0 Å². The first-order valence-corrected chi connectivity index (χ1v) is 6.88. The fourth-order valence-corrected chi connectivity index (χ4v) is 3.29. The molecule has 4 heteroatoms. The van der Waals surface area contributed by atoms with Crippen LogP contribution in [0.15, 0.2) is 46.1 Å². The van der Waals surface area contributed by atoms with Crippen molar-refractivity contribution >= 4 is 16.7 Å². The molecule has 0 unspecified atom stereocenters. The van der Waals surface area contributed by atoms with Gasteiger partial charge in [0, 0.05) is 11.9 Å². The van der Waals surface area contributed by atoms with Gasteiger partial charge in [0.2, 0.25) is 0 Å². The number of para-hydroxylation sites is 1. The molecule has 2 atom stereocenters. The van der Waals surface area contributed by atoms with Crippen molar-refractivity contribution in [1.29, 1.82) is 0 Å². The summed E-state index contributed by atoms with van der Waals surface area (Å²) in [7, 11) is 0. The van der Waals surface area contributed by atoms with E-state index < -0.39 is 0 Å². The quantitative estimate of drug-likeness (QED) is 0.621. The number of rotatable bonds is 2. The lowest BCUT2D eigenvalue weighted by Crippen LogP contribution is -2.40. The van der Waals surface area contributed by atoms with E-state index in [4.69, 9.17) is 9.15 Å². The molecule has 1 aromatic heterocycles. The molecular weight excluding hydrogens is 254 g/mol. The maximum Gasteiger partial charge on any atom is 0.344 e. The van der Waals surface area contributed by atoms with Crippen LogP contribution in [-0.4, -0.2) is 12.8 Å². The van der Waals surface area contributed by atoms with Crippen molar-refractivity contribution in [1.82, 2.24) is 0 Å². The van der Waals surface area contributed by atoms with Crippen LogP contribution in [0.25, 0.3) is 11.0 Å². The maximum absolute atomic E-state index is 12.3. The molecule has 0 spiro atoms. The fourth-order valence-electron chi connectivity index (χ4n) is 3.29. The zero-order valence-electron chi connectivity index (χ0n) is 11.0. The summed E-state index contributed by atoms with van der Waals surface area (Å²) < 4.78 is 11.4. The SMILES string of the molecule is C=CCN1c2c(c(=O)oc3ccccc23)[C@H]2CC[C@@H]1O2. The third-order valence-corrected chi connectivity index (χ3v) is 4.10. The van der Waals surface area contributed by atoms with E-state index in [0.29, 0.717) is 17.7 Å². The molecule has 4 nitrogen and oxygen atoms in total. The Morgan fingerprint density at radius 3 is 3.05 bits per heavy atom. The third kappa shape index (κ3) is 1.48. The summed E-state index contributed by atoms with van der Waals surface area (Å²) in [4.78, 5) is 14.4. The van der Waals surface area contributed by atoms with Crippen LogP contribution in [0.1, 0.15) is 24.5 Å². The topological polar surface area (TPSA) is 42.7 Å². The first-order valence-electron chi connectivity index (χ1n) is 6.88. The minimum Gasteiger partial charge on any atom is -0.422 e. The zero-order chi connectivity index (χ0) is 13.7. The Balaban J connectivity index is 2.08. The molecule has 0 saturated carbocycles. The summed E-state index contributed by atoms with van der Waals surface area (Å²) in [6.07, 6.45) is 3.55. The van der Waals surface area contributed by atoms with Gasteiger partial charge >= 0.3 is 5.63 Å². The van der Waals surface area contributed by atoms with E-state index in [1.54, 1.807) is 0 Å². The first kappa shape index (κ1) is 11.7. The second kappa shape index (κ2) is 4.21.